The van der Waals surface area contributed by atoms with Crippen LogP contribution in [0.5, 0.6) is 0 Å². The molecule has 0 unspecified atom stereocenters. The standard InChI is InChI=1S/C11H8F5N3.BF3.FH/c12-6-7(13)9(15)11(10(16)8(6)14)19-4-18-3-1-2-5(18)17-19;2-1(3)4;/h1-4H2;;1H/p-1. The molecule has 0 amide bonds. The van der Waals surface area contributed by atoms with Gasteiger partial charge < -0.3 is 9.60 Å². The highest BCUT2D eigenvalue weighted by atomic mass is 19.4. The Morgan fingerprint density at radius 3 is 1.75 bits per heavy atom. The van der Waals surface area contributed by atoms with E-state index in [0.717, 1.165) is 11.4 Å². The van der Waals surface area contributed by atoms with Crippen LogP contribution in [0.15, 0.2) is 5.10 Å². The molecule has 13 heteroatoms. The molecule has 0 aromatic heterocycles. The van der Waals surface area contributed by atoms with E-state index in [4.69, 9.17) is 0 Å². The van der Waals surface area contributed by atoms with E-state index in [1.807, 2.05) is 0 Å². The average Bonchev–Trinajstić information content (AvgIpc) is 3.04. The lowest BCUT2D eigenvalue weighted by Gasteiger charge is -2.19. The second kappa shape index (κ2) is 7.66. The molecule has 0 atom stereocenters. The van der Waals surface area contributed by atoms with Crippen molar-refractivity contribution in [3.05, 3.63) is 29.1 Å². The topological polar surface area (TPSA) is 18.8 Å². The minimum atomic E-state index is -3.67. The minimum Gasteiger partial charge on any atom is -1.00 e. The number of anilines is 1. The van der Waals surface area contributed by atoms with Crippen LogP contribution >= 0.6 is 0 Å². The van der Waals surface area contributed by atoms with Crippen LogP contribution in [0, 0.1) is 29.1 Å². The summed E-state index contributed by atoms with van der Waals surface area (Å²) in [5, 5.41) is 4.70. The minimum absolute atomic E-state index is 0. The van der Waals surface area contributed by atoms with Crippen LogP contribution in [-0.4, -0.2) is 31.5 Å². The summed E-state index contributed by atoms with van der Waals surface area (Å²) in [6, 6.07) is 0. The van der Waals surface area contributed by atoms with Crippen LogP contribution in [0.4, 0.5) is 40.6 Å². The molecular weight excluding hydrogens is 356 g/mol. The largest absolute Gasteiger partial charge is 1.00 e. The molecule has 2 aliphatic rings. The van der Waals surface area contributed by atoms with Crippen LogP contribution in [0.25, 0.3) is 0 Å². The first kappa shape index (κ1) is 20.0. The van der Waals surface area contributed by atoms with E-state index in [1.54, 1.807) is 4.90 Å². The molecular formula is C11H8BF9N3-. The molecule has 0 aliphatic carbocycles. The van der Waals surface area contributed by atoms with E-state index in [1.165, 1.54) is 0 Å². The van der Waals surface area contributed by atoms with E-state index < -0.39 is 42.3 Å². The van der Waals surface area contributed by atoms with Gasteiger partial charge in [0.25, 0.3) is 0 Å². The molecule has 0 N–H and O–H groups in total. The fraction of sp³-hybridized carbons (Fsp3) is 0.364. The van der Waals surface area contributed by atoms with Crippen molar-refractivity contribution in [2.45, 2.75) is 12.8 Å². The van der Waals surface area contributed by atoms with Gasteiger partial charge in [0.05, 0.1) is 0 Å². The molecule has 3 rings (SSSR count). The molecule has 0 bridgehead atoms. The van der Waals surface area contributed by atoms with Crippen molar-refractivity contribution in [1.29, 1.82) is 0 Å². The second-order valence-electron chi connectivity index (χ2n) is 4.59. The zero-order chi connectivity index (χ0) is 17.3. The summed E-state index contributed by atoms with van der Waals surface area (Å²) in [6.07, 6.45) is 1.50. The summed E-state index contributed by atoms with van der Waals surface area (Å²) in [6.45, 7) is 0.651. The molecule has 1 fully saturated rings. The lowest BCUT2D eigenvalue weighted by atomic mass is 10.2. The number of benzene rings is 1. The molecule has 3 nitrogen and oxygen atoms in total. The SMILES string of the molecule is FB(F)F.Fc1c(F)c(F)c(N2CN3CCCC3=N2)c(F)c1F.[F-]. The predicted molar refractivity (Wildman–Crippen MR) is 66.0 cm³/mol. The third kappa shape index (κ3) is 3.70. The Bertz CT molecular complexity index is 608. The summed E-state index contributed by atoms with van der Waals surface area (Å²) in [5.41, 5.74) is -1.00. The highest BCUT2D eigenvalue weighted by Gasteiger charge is 2.34. The summed E-state index contributed by atoms with van der Waals surface area (Å²) < 4.78 is 95.3. The Balaban J connectivity index is 0.000000522. The normalized spacial score (nSPS) is 15.4. The lowest BCUT2D eigenvalue weighted by Crippen LogP contribution is -3.00. The van der Waals surface area contributed by atoms with E-state index in [9.17, 15) is 34.9 Å². The maximum atomic E-state index is 13.6. The average molecular weight is 364 g/mol. The van der Waals surface area contributed by atoms with E-state index in [2.05, 4.69) is 5.10 Å². The van der Waals surface area contributed by atoms with Crippen molar-refractivity contribution in [2.75, 3.05) is 18.2 Å². The number of hydrazone groups is 1. The van der Waals surface area contributed by atoms with Crippen LogP contribution < -0.4 is 9.71 Å². The Kier molecular flexibility index (Phi) is 6.38. The Labute approximate surface area is 130 Å². The van der Waals surface area contributed by atoms with Gasteiger partial charge in [-0.3, -0.25) is 12.9 Å². The third-order valence-corrected chi connectivity index (χ3v) is 3.18. The molecule has 2 aliphatic heterocycles. The van der Waals surface area contributed by atoms with Crippen molar-refractivity contribution in [1.82, 2.24) is 4.90 Å². The first-order valence-electron chi connectivity index (χ1n) is 6.27. The number of nitrogens with zero attached hydrogens (tertiary/aromatic N) is 3. The van der Waals surface area contributed by atoms with E-state index in [-0.39, 0.29) is 11.4 Å². The monoisotopic (exact) mass is 364 g/mol. The van der Waals surface area contributed by atoms with Crippen molar-refractivity contribution < 1.29 is 39.6 Å². The number of rotatable bonds is 1. The molecule has 2 heterocycles. The third-order valence-electron chi connectivity index (χ3n) is 3.18. The van der Waals surface area contributed by atoms with Crippen LogP contribution in [0.3, 0.4) is 0 Å². The molecule has 1 saturated heterocycles. The van der Waals surface area contributed by atoms with Gasteiger partial charge in [0, 0.05) is 13.0 Å². The molecule has 0 radical (unpaired) electrons. The summed E-state index contributed by atoms with van der Waals surface area (Å²) >= 11 is 0. The maximum Gasteiger partial charge on any atom is 0.762 e. The molecule has 1 aromatic rings. The fourth-order valence-corrected chi connectivity index (χ4v) is 2.25. The predicted octanol–water partition coefficient (Wildman–Crippen LogP) is 0.453. The molecule has 24 heavy (non-hydrogen) atoms. The Morgan fingerprint density at radius 1 is 0.833 bits per heavy atom. The summed E-state index contributed by atoms with van der Waals surface area (Å²) in [4.78, 5) is 1.73. The molecule has 0 saturated carbocycles. The number of hydrogen-bond donors (Lipinski definition) is 0. The first-order chi connectivity index (χ1) is 10.7. The zero-order valence-corrected chi connectivity index (χ0v) is 11.6. The van der Waals surface area contributed by atoms with Crippen molar-refractivity contribution in [3.8, 4) is 0 Å². The molecule has 134 valence electrons. The Hall–Kier alpha value is -2.08. The van der Waals surface area contributed by atoms with Gasteiger partial charge >= 0.3 is 7.54 Å². The first-order valence-corrected chi connectivity index (χ1v) is 6.27. The van der Waals surface area contributed by atoms with Crippen LogP contribution in [0.2, 0.25) is 0 Å². The quantitative estimate of drug-likeness (QED) is 0.312. The van der Waals surface area contributed by atoms with Crippen LogP contribution in [-0.2, 0) is 0 Å². The fourth-order valence-electron chi connectivity index (χ4n) is 2.25. The summed E-state index contributed by atoms with van der Waals surface area (Å²) in [5.74, 6) is -9.19. The number of fused-ring (bicyclic) bond motifs is 1. The van der Waals surface area contributed by atoms with E-state index in [0.29, 0.717) is 18.8 Å². The van der Waals surface area contributed by atoms with Gasteiger partial charge in [-0.05, 0) is 6.42 Å². The van der Waals surface area contributed by atoms with Gasteiger partial charge in [0.2, 0.25) is 5.82 Å². The Morgan fingerprint density at radius 2 is 1.29 bits per heavy atom. The highest BCUT2D eigenvalue weighted by molar-refractivity contribution is 6.33. The molecule has 0 spiro atoms. The summed E-state index contributed by atoms with van der Waals surface area (Å²) in [7, 11) is -3.67. The number of amidine groups is 1. The zero-order valence-electron chi connectivity index (χ0n) is 11.6. The molecule has 1 aromatic carbocycles. The van der Waals surface area contributed by atoms with Gasteiger partial charge in [-0.15, -0.1) is 0 Å². The van der Waals surface area contributed by atoms with Gasteiger partial charge in [0.1, 0.15) is 18.2 Å². The maximum absolute atomic E-state index is 13.6. The van der Waals surface area contributed by atoms with Crippen molar-refractivity contribution >= 4 is 19.1 Å². The van der Waals surface area contributed by atoms with Gasteiger partial charge in [0.15, 0.2) is 23.3 Å². The lowest BCUT2D eigenvalue weighted by molar-refractivity contribution is -0.0000100. The van der Waals surface area contributed by atoms with Gasteiger partial charge in [-0.2, -0.15) is 5.10 Å². The van der Waals surface area contributed by atoms with Gasteiger partial charge in [-0.25, -0.2) is 27.0 Å². The van der Waals surface area contributed by atoms with Crippen molar-refractivity contribution in [2.24, 2.45) is 5.10 Å². The van der Waals surface area contributed by atoms with Gasteiger partial charge in [-0.1, -0.05) is 0 Å². The highest BCUT2D eigenvalue weighted by Crippen LogP contribution is 2.33. The van der Waals surface area contributed by atoms with E-state index >= 15 is 0 Å². The van der Waals surface area contributed by atoms with Crippen molar-refractivity contribution in [3.63, 3.8) is 0 Å². The smallest absolute Gasteiger partial charge is 0.762 e. The number of halogens is 9. The van der Waals surface area contributed by atoms with Crippen LogP contribution in [0.1, 0.15) is 12.8 Å². The number of hydrogen-bond acceptors (Lipinski definition) is 3. The second-order valence-corrected chi connectivity index (χ2v) is 4.59.